The predicted octanol–water partition coefficient (Wildman–Crippen LogP) is 3.21. The summed E-state index contributed by atoms with van der Waals surface area (Å²) in [5.41, 5.74) is 2.06. The molecule has 5 heteroatoms. The van der Waals surface area contributed by atoms with Crippen LogP contribution in [0.3, 0.4) is 0 Å². The van der Waals surface area contributed by atoms with Crippen LogP contribution in [0.2, 0.25) is 5.02 Å². The van der Waals surface area contributed by atoms with Gasteiger partial charge in [0.1, 0.15) is 0 Å². The summed E-state index contributed by atoms with van der Waals surface area (Å²) in [6.07, 6.45) is 5.23. The van der Waals surface area contributed by atoms with Crippen LogP contribution in [-0.4, -0.2) is 16.1 Å². The summed E-state index contributed by atoms with van der Waals surface area (Å²) in [4.78, 5) is 8.23. The van der Waals surface area contributed by atoms with Crippen LogP contribution in [0.1, 0.15) is 25.0 Å². The zero-order valence-corrected chi connectivity index (χ0v) is 12.4. The molecule has 0 aliphatic heterocycles. The third-order valence-electron chi connectivity index (χ3n) is 2.68. The molecule has 0 aliphatic carbocycles. The van der Waals surface area contributed by atoms with Crippen molar-refractivity contribution in [3.05, 3.63) is 52.9 Å². The molecule has 1 N–H and O–H groups in total. The zero-order valence-electron chi connectivity index (χ0n) is 11.6. The zero-order chi connectivity index (χ0) is 14.4. The third kappa shape index (κ3) is 4.18. The Morgan fingerprint density at radius 3 is 2.75 bits per heavy atom. The van der Waals surface area contributed by atoms with E-state index in [0.29, 0.717) is 24.0 Å². The van der Waals surface area contributed by atoms with Gasteiger partial charge in [-0.2, -0.15) is 0 Å². The van der Waals surface area contributed by atoms with Gasteiger partial charge in [0.25, 0.3) is 0 Å². The highest BCUT2D eigenvalue weighted by atomic mass is 35.5. The van der Waals surface area contributed by atoms with Gasteiger partial charge in [0.15, 0.2) is 0 Å². The van der Waals surface area contributed by atoms with Gasteiger partial charge >= 0.3 is 0 Å². The Bertz CT molecular complexity index is 560. The molecule has 0 atom stereocenters. The first-order valence-electron chi connectivity index (χ1n) is 6.56. The lowest BCUT2D eigenvalue weighted by molar-refractivity contribution is 0.229. The van der Waals surface area contributed by atoms with Crippen LogP contribution in [0.4, 0.5) is 0 Å². The van der Waals surface area contributed by atoms with Crippen LogP contribution in [0, 0.1) is 0 Å². The molecule has 2 aromatic rings. The summed E-state index contributed by atoms with van der Waals surface area (Å²) < 4.78 is 5.68. The van der Waals surface area contributed by atoms with Crippen molar-refractivity contribution in [3.63, 3.8) is 0 Å². The molecule has 0 unspecified atom stereocenters. The van der Waals surface area contributed by atoms with Gasteiger partial charge in [-0.1, -0.05) is 17.7 Å². The fourth-order valence-electron chi connectivity index (χ4n) is 1.77. The highest BCUT2D eigenvalue weighted by Gasteiger charge is 2.06. The molecule has 0 spiro atoms. The maximum absolute atomic E-state index is 6.07. The minimum Gasteiger partial charge on any atom is -0.475 e. The molecule has 2 rings (SSSR count). The summed E-state index contributed by atoms with van der Waals surface area (Å²) in [7, 11) is 0. The van der Waals surface area contributed by atoms with Gasteiger partial charge in [0.05, 0.1) is 11.1 Å². The van der Waals surface area contributed by atoms with Crippen molar-refractivity contribution < 1.29 is 4.74 Å². The van der Waals surface area contributed by atoms with Crippen LogP contribution < -0.4 is 10.1 Å². The van der Waals surface area contributed by atoms with E-state index in [1.807, 2.05) is 32.0 Å². The molecule has 0 aromatic carbocycles. The molecule has 0 saturated carbocycles. The minimum absolute atomic E-state index is 0.110. The van der Waals surface area contributed by atoms with E-state index >= 15 is 0 Å². The topological polar surface area (TPSA) is 47.0 Å². The van der Waals surface area contributed by atoms with E-state index in [-0.39, 0.29) is 6.10 Å². The van der Waals surface area contributed by atoms with Crippen LogP contribution in [-0.2, 0) is 13.1 Å². The van der Waals surface area contributed by atoms with E-state index in [9.17, 15) is 0 Å². The van der Waals surface area contributed by atoms with E-state index < -0.39 is 0 Å². The number of ether oxygens (including phenoxy) is 1. The lowest BCUT2D eigenvalue weighted by Gasteiger charge is -2.13. The molecule has 4 nitrogen and oxygen atoms in total. The van der Waals surface area contributed by atoms with E-state index in [4.69, 9.17) is 16.3 Å². The molecule has 0 bridgehead atoms. The first-order chi connectivity index (χ1) is 9.66. The van der Waals surface area contributed by atoms with E-state index in [1.165, 1.54) is 0 Å². The van der Waals surface area contributed by atoms with Crippen LogP contribution in [0.25, 0.3) is 0 Å². The molecule has 0 saturated heterocycles. The van der Waals surface area contributed by atoms with Crippen molar-refractivity contribution in [1.29, 1.82) is 0 Å². The largest absolute Gasteiger partial charge is 0.475 e. The summed E-state index contributed by atoms with van der Waals surface area (Å²) in [5, 5.41) is 4.01. The molecule has 106 valence electrons. The number of halogens is 1. The fraction of sp³-hybridized carbons (Fsp3) is 0.333. The van der Waals surface area contributed by atoms with Gasteiger partial charge < -0.3 is 10.1 Å². The van der Waals surface area contributed by atoms with Crippen molar-refractivity contribution in [2.75, 3.05) is 0 Å². The lowest BCUT2D eigenvalue weighted by Crippen LogP contribution is -2.16. The second-order valence-corrected chi connectivity index (χ2v) is 5.11. The monoisotopic (exact) mass is 291 g/mol. The molecular formula is C15H18ClN3O. The molecule has 0 aliphatic rings. The summed E-state index contributed by atoms with van der Waals surface area (Å²) in [5.74, 6) is 0.677. The maximum Gasteiger partial charge on any atom is 0.218 e. The van der Waals surface area contributed by atoms with E-state index in [2.05, 4.69) is 15.3 Å². The van der Waals surface area contributed by atoms with Gasteiger partial charge in [-0.05, 0) is 31.5 Å². The van der Waals surface area contributed by atoms with Gasteiger partial charge in [0, 0.05) is 37.2 Å². The van der Waals surface area contributed by atoms with Crippen LogP contribution in [0.15, 0.2) is 36.8 Å². The number of hydrogen-bond acceptors (Lipinski definition) is 4. The Morgan fingerprint density at radius 1 is 1.20 bits per heavy atom. The van der Waals surface area contributed by atoms with Crippen molar-refractivity contribution in [3.8, 4) is 5.88 Å². The predicted molar refractivity (Wildman–Crippen MR) is 79.8 cm³/mol. The number of nitrogens with one attached hydrogen (secondary N) is 1. The molecule has 0 fully saturated rings. The first kappa shape index (κ1) is 14.8. The van der Waals surface area contributed by atoms with Gasteiger partial charge in [-0.3, -0.25) is 4.98 Å². The van der Waals surface area contributed by atoms with Gasteiger partial charge in [0.2, 0.25) is 5.88 Å². The molecule has 2 aromatic heterocycles. The van der Waals surface area contributed by atoms with Crippen molar-refractivity contribution in [1.82, 2.24) is 15.3 Å². The maximum atomic E-state index is 6.07. The number of rotatable bonds is 6. The minimum atomic E-state index is 0.110. The number of aromatic nitrogens is 2. The Labute approximate surface area is 124 Å². The summed E-state index contributed by atoms with van der Waals surface area (Å²) in [6, 6.07) is 5.82. The number of pyridine rings is 2. The molecule has 0 radical (unpaired) electrons. The third-order valence-corrected chi connectivity index (χ3v) is 3.02. The SMILES string of the molecule is CC(C)Oc1ncccc1CNCc1ccncc1Cl. The Kier molecular flexibility index (Phi) is 5.32. The Balaban J connectivity index is 1.96. The average molecular weight is 292 g/mol. The molecule has 2 heterocycles. The Morgan fingerprint density at radius 2 is 2.00 bits per heavy atom. The number of hydrogen-bond donors (Lipinski definition) is 1. The van der Waals surface area contributed by atoms with E-state index in [1.54, 1.807) is 18.6 Å². The van der Waals surface area contributed by atoms with Crippen LogP contribution >= 0.6 is 11.6 Å². The van der Waals surface area contributed by atoms with Gasteiger partial charge in [-0.25, -0.2) is 4.98 Å². The summed E-state index contributed by atoms with van der Waals surface area (Å²) in [6.45, 7) is 5.33. The molecule has 20 heavy (non-hydrogen) atoms. The van der Waals surface area contributed by atoms with E-state index in [0.717, 1.165) is 11.1 Å². The average Bonchev–Trinajstić information content (AvgIpc) is 2.42. The summed E-state index contributed by atoms with van der Waals surface area (Å²) >= 11 is 6.07. The standard InChI is InChI=1S/C15H18ClN3O/c1-11(2)20-15-13(4-3-6-19-15)9-18-8-12-5-7-17-10-14(12)16/h3-7,10-11,18H,8-9H2,1-2H3. The normalized spacial score (nSPS) is 10.8. The first-order valence-corrected chi connectivity index (χ1v) is 6.94. The van der Waals surface area contributed by atoms with Crippen molar-refractivity contribution in [2.45, 2.75) is 33.0 Å². The fourth-order valence-corrected chi connectivity index (χ4v) is 1.95. The highest BCUT2D eigenvalue weighted by Crippen LogP contribution is 2.17. The lowest BCUT2D eigenvalue weighted by atomic mass is 10.2. The molecule has 0 amide bonds. The van der Waals surface area contributed by atoms with Gasteiger partial charge in [-0.15, -0.1) is 0 Å². The van der Waals surface area contributed by atoms with Crippen molar-refractivity contribution >= 4 is 11.6 Å². The molecular weight excluding hydrogens is 274 g/mol. The second kappa shape index (κ2) is 7.22. The Hall–Kier alpha value is -1.65. The van der Waals surface area contributed by atoms with Crippen LogP contribution in [0.5, 0.6) is 5.88 Å². The number of nitrogens with zero attached hydrogens (tertiary/aromatic N) is 2. The quantitative estimate of drug-likeness (QED) is 0.888. The second-order valence-electron chi connectivity index (χ2n) is 4.70. The smallest absolute Gasteiger partial charge is 0.218 e. The highest BCUT2D eigenvalue weighted by molar-refractivity contribution is 6.31. The van der Waals surface area contributed by atoms with Crippen molar-refractivity contribution in [2.24, 2.45) is 0 Å².